The SMILES string of the molecule is CC(C)CC(=O)N1CC2(CC(CC(=O)NCc3ccncc3)CO2)C1. The summed E-state index contributed by atoms with van der Waals surface area (Å²) in [5.74, 6) is 0.877. The number of rotatable bonds is 6. The highest BCUT2D eigenvalue weighted by molar-refractivity contribution is 5.78. The first kappa shape index (κ1) is 17.9. The normalized spacial score (nSPS) is 21.4. The molecule has 2 aliphatic heterocycles. The minimum Gasteiger partial charge on any atom is -0.371 e. The number of carbonyl (C=O) groups is 2. The van der Waals surface area contributed by atoms with Gasteiger partial charge in [0.25, 0.3) is 0 Å². The van der Waals surface area contributed by atoms with Crippen LogP contribution in [0, 0.1) is 11.8 Å². The molecule has 2 saturated heterocycles. The van der Waals surface area contributed by atoms with E-state index in [2.05, 4.69) is 24.1 Å². The molecule has 2 amide bonds. The summed E-state index contributed by atoms with van der Waals surface area (Å²) in [4.78, 5) is 30.0. The molecule has 25 heavy (non-hydrogen) atoms. The quantitative estimate of drug-likeness (QED) is 0.853. The van der Waals surface area contributed by atoms with E-state index in [4.69, 9.17) is 4.74 Å². The first-order chi connectivity index (χ1) is 12.0. The van der Waals surface area contributed by atoms with Gasteiger partial charge in [-0.25, -0.2) is 0 Å². The number of hydrogen-bond donors (Lipinski definition) is 1. The second-order valence-corrected chi connectivity index (χ2v) is 7.75. The van der Waals surface area contributed by atoms with Crippen LogP contribution in [0.5, 0.6) is 0 Å². The Kier molecular flexibility index (Phi) is 5.37. The van der Waals surface area contributed by atoms with Crippen LogP contribution in [-0.2, 0) is 20.9 Å². The third-order valence-electron chi connectivity index (χ3n) is 4.89. The molecule has 0 bridgehead atoms. The standard InChI is InChI=1S/C19H27N3O3/c1-14(2)7-18(24)22-12-19(13-22)9-16(11-25-19)8-17(23)21-10-15-3-5-20-6-4-15/h3-6,14,16H,7-13H2,1-2H3,(H,21,23). The van der Waals surface area contributed by atoms with Gasteiger partial charge in [-0.1, -0.05) is 13.8 Å². The van der Waals surface area contributed by atoms with E-state index in [1.807, 2.05) is 17.0 Å². The molecule has 0 saturated carbocycles. The first-order valence-electron chi connectivity index (χ1n) is 9.03. The lowest BCUT2D eigenvalue weighted by atomic mass is 9.85. The number of carbonyl (C=O) groups excluding carboxylic acids is 2. The summed E-state index contributed by atoms with van der Waals surface area (Å²) in [5.41, 5.74) is 0.837. The third-order valence-corrected chi connectivity index (χ3v) is 4.89. The minimum absolute atomic E-state index is 0.0505. The van der Waals surface area contributed by atoms with Crippen LogP contribution in [0.15, 0.2) is 24.5 Å². The van der Waals surface area contributed by atoms with Gasteiger partial charge >= 0.3 is 0 Å². The summed E-state index contributed by atoms with van der Waals surface area (Å²) in [6.07, 6.45) is 5.38. The summed E-state index contributed by atoms with van der Waals surface area (Å²) in [6.45, 7) is 6.59. The Morgan fingerprint density at radius 3 is 2.76 bits per heavy atom. The molecule has 3 heterocycles. The van der Waals surface area contributed by atoms with E-state index < -0.39 is 0 Å². The van der Waals surface area contributed by atoms with Crippen LogP contribution in [0.1, 0.15) is 38.7 Å². The zero-order chi connectivity index (χ0) is 17.9. The zero-order valence-corrected chi connectivity index (χ0v) is 15.0. The lowest BCUT2D eigenvalue weighted by Crippen LogP contribution is -2.63. The Bertz CT molecular complexity index is 612. The summed E-state index contributed by atoms with van der Waals surface area (Å²) < 4.78 is 5.96. The molecule has 1 spiro atoms. The number of likely N-dealkylation sites (tertiary alicyclic amines) is 1. The molecule has 1 aromatic rings. The van der Waals surface area contributed by atoms with E-state index in [-0.39, 0.29) is 23.3 Å². The van der Waals surface area contributed by atoms with Gasteiger partial charge in [-0.2, -0.15) is 0 Å². The molecule has 0 radical (unpaired) electrons. The zero-order valence-electron chi connectivity index (χ0n) is 15.0. The maximum absolute atomic E-state index is 12.1. The highest BCUT2D eigenvalue weighted by Gasteiger charge is 2.51. The largest absolute Gasteiger partial charge is 0.371 e. The molecule has 1 N–H and O–H groups in total. The van der Waals surface area contributed by atoms with Gasteiger partial charge in [-0.05, 0) is 36.0 Å². The Labute approximate surface area is 148 Å². The fourth-order valence-corrected chi connectivity index (χ4v) is 3.63. The smallest absolute Gasteiger partial charge is 0.223 e. The highest BCUT2D eigenvalue weighted by atomic mass is 16.5. The average Bonchev–Trinajstić information content (AvgIpc) is 2.96. The van der Waals surface area contributed by atoms with Crippen molar-refractivity contribution < 1.29 is 14.3 Å². The van der Waals surface area contributed by atoms with Gasteiger partial charge < -0.3 is 15.0 Å². The van der Waals surface area contributed by atoms with E-state index in [1.165, 1.54) is 0 Å². The van der Waals surface area contributed by atoms with Gasteiger partial charge in [0.05, 0.1) is 19.7 Å². The lowest BCUT2D eigenvalue weighted by molar-refractivity contribution is -0.158. The third kappa shape index (κ3) is 4.57. The average molecular weight is 345 g/mol. The molecular formula is C19H27N3O3. The number of amides is 2. The van der Waals surface area contributed by atoms with Crippen LogP contribution in [0.3, 0.4) is 0 Å². The van der Waals surface area contributed by atoms with Gasteiger partial charge in [0.15, 0.2) is 0 Å². The molecule has 6 heteroatoms. The van der Waals surface area contributed by atoms with Crippen molar-refractivity contribution in [2.24, 2.45) is 11.8 Å². The predicted octanol–water partition coefficient (Wildman–Crippen LogP) is 1.75. The fourth-order valence-electron chi connectivity index (χ4n) is 3.63. The van der Waals surface area contributed by atoms with Crippen LogP contribution in [0.2, 0.25) is 0 Å². The molecule has 6 nitrogen and oxygen atoms in total. The highest BCUT2D eigenvalue weighted by Crippen LogP contribution is 2.39. The van der Waals surface area contributed by atoms with E-state index in [1.54, 1.807) is 12.4 Å². The van der Waals surface area contributed by atoms with Crippen molar-refractivity contribution in [3.63, 3.8) is 0 Å². The van der Waals surface area contributed by atoms with Crippen molar-refractivity contribution in [1.82, 2.24) is 15.2 Å². The molecule has 1 aromatic heterocycles. The summed E-state index contributed by atoms with van der Waals surface area (Å²) >= 11 is 0. The van der Waals surface area contributed by atoms with Gasteiger partial charge in [-0.3, -0.25) is 14.6 Å². The Hall–Kier alpha value is -1.95. The Balaban J connectivity index is 1.39. The summed E-state index contributed by atoms with van der Waals surface area (Å²) in [6, 6.07) is 3.79. The molecule has 136 valence electrons. The van der Waals surface area contributed by atoms with Crippen LogP contribution in [-0.4, -0.2) is 47.0 Å². The molecule has 2 fully saturated rings. The summed E-state index contributed by atoms with van der Waals surface area (Å²) in [5, 5.41) is 2.95. The summed E-state index contributed by atoms with van der Waals surface area (Å²) in [7, 11) is 0. The van der Waals surface area contributed by atoms with Crippen molar-refractivity contribution in [2.45, 2.75) is 45.3 Å². The van der Waals surface area contributed by atoms with Crippen LogP contribution < -0.4 is 5.32 Å². The molecule has 2 aliphatic rings. The van der Waals surface area contributed by atoms with Gasteiger partial charge in [-0.15, -0.1) is 0 Å². The van der Waals surface area contributed by atoms with Gasteiger partial charge in [0, 0.05) is 31.8 Å². The molecule has 3 rings (SSSR count). The lowest BCUT2D eigenvalue weighted by Gasteiger charge is -2.47. The number of nitrogens with one attached hydrogen (secondary N) is 1. The van der Waals surface area contributed by atoms with E-state index in [0.29, 0.717) is 45.0 Å². The minimum atomic E-state index is -0.206. The fraction of sp³-hybridized carbons (Fsp3) is 0.632. The number of pyridine rings is 1. The maximum atomic E-state index is 12.1. The molecule has 1 atom stereocenters. The van der Waals surface area contributed by atoms with E-state index >= 15 is 0 Å². The van der Waals surface area contributed by atoms with Crippen LogP contribution in [0.4, 0.5) is 0 Å². The van der Waals surface area contributed by atoms with E-state index in [9.17, 15) is 9.59 Å². The Morgan fingerprint density at radius 1 is 1.36 bits per heavy atom. The predicted molar refractivity (Wildman–Crippen MR) is 93.5 cm³/mol. The molecular weight excluding hydrogens is 318 g/mol. The molecule has 0 aliphatic carbocycles. The number of nitrogens with zero attached hydrogens (tertiary/aromatic N) is 2. The molecule has 0 aromatic carbocycles. The molecule has 1 unspecified atom stereocenters. The number of aromatic nitrogens is 1. The first-order valence-corrected chi connectivity index (χ1v) is 9.03. The maximum Gasteiger partial charge on any atom is 0.223 e. The Morgan fingerprint density at radius 2 is 2.08 bits per heavy atom. The van der Waals surface area contributed by atoms with Gasteiger partial charge in [0.1, 0.15) is 5.60 Å². The van der Waals surface area contributed by atoms with Crippen LogP contribution in [0.25, 0.3) is 0 Å². The second kappa shape index (κ2) is 7.52. The van der Waals surface area contributed by atoms with Crippen molar-refractivity contribution in [2.75, 3.05) is 19.7 Å². The van der Waals surface area contributed by atoms with Crippen molar-refractivity contribution in [3.8, 4) is 0 Å². The number of ether oxygens (including phenoxy) is 1. The van der Waals surface area contributed by atoms with E-state index in [0.717, 1.165) is 12.0 Å². The number of hydrogen-bond acceptors (Lipinski definition) is 4. The monoisotopic (exact) mass is 345 g/mol. The topological polar surface area (TPSA) is 71.5 Å². The van der Waals surface area contributed by atoms with Crippen molar-refractivity contribution >= 4 is 11.8 Å². The van der Waals surface area contributed by atoms with Gasteiger partial charge in [0.2, 0.25) is 11.8 Å². The van der Waals surface area contributed by atoms with Crippen LogP contribution >= 0.6 is 0 Å². The van der Waals surface area contributed by atoms with Crippen molar-refractivity contribution in [1.29, 1.82) is 0 Å². The second-order valence-electron chi connectivity index (χ2n) is 7.75. The van der Waals surface area contributed by atoms with Crippen molar-refractivity contribution in [3.05, 3.63) is 30.1 Å².